The molecule has 110 valence electrons. The van der Waals surface area contributed by atoms with Crippen LogP contribution >= 0.6 is 27.7 Å². The van der Waals surface area contributed by atoms with Crippen molar-refractivity contribution in [3.8, 4) is 11.5 Å². The molecule has 0 aliphatic heterocycles. The van der Waals surface area contributed by atoms with E-state index < -0.39 is 0 Å². The number of nitrogens with two attached hydrogens (primary N) is 1. The largest absolute Gasteiger partial charge is 0.457 e. The maximum absolute atomic E-state index is 9.00. The minimum absolute atomic E-state index is 0.0404. The SMILES string of the molecule is CCSc1cccc(Oc2ccc(Br)cc2)c1/C(N)=N/O. The molecule has 4 nitrogen and oxygen atoms in total. The Balaban J connectivity index is 2.42. The van der Waals surface area contributed by atoms with Crippen LogP contribution in [0, 0.1) is 0 Å². The molecule has 0 aromatic heterocycles. The van der Waals surface area contributed by atoms with E-state index >= 15 is 0 Å². The minimum Gasteiger partial charge on any atom is -0.457 e. The van der Waals surface area contributed by atoms with E-state index in [0.717, 1.165) is 15.1 Å². The third-order valence-corrected chi connectivity index (χ3v) is 4.16. The van der Waals surface area contributed by atoms with Crippen molar-refractivity contribution < 1.29 is 9.94 Å². The van der Waals surface area contributed by atoms with Gasteiger partial charge in [-0.1, -0.05) is 34.1 Å². The number of oxime groups is 1. The highest BCUT2D eigenvalue weighted by Gasteiger charge is 2.15. The first-order valence-electron chi connectivity index (χ1n) is 6.32. The van der Waals surface area contributed by atoms with Crippen LogP contribution in [-0.2, 0) is 0 Å². The molecule has 0 unspecified atom stereocenters. The number of thioether (sulfide) groups is 1. The van der Waals surface area contributed by atoms with Crippen LogP contribution in [0.4, 0.5) is 0 Å². The lowest BCUT2D eigenvalue weighted by molar-refractivity contribution is 0.318. The Hall–Kier alpha value is -1.66. The third kappa shape index (κ3) is 3.92. The molecule has 0 fully saturated rings. The number of nitrogens with zero attached hydrogens (tertiary/aromatic N) is 1. The average molecular weight is 367 g/mol. The van der Waals surface area contributed by atoms with Crippen LogP contribution in [0.1, 0.15) is 12.5 Å². The standard InChI is InChI=1S/C15H15BrN2O2S/c1-2-21-13-5-3-4-12(14(13)15(17)18-19)20-11-8-6-10(16)7-9-11/h3-9,19H,2H2,1H3,(H2,17,18). The zero-order chi connectivity index (χ0) is 15.2. The lowest BCUT2D eigenvalue weighted by Gasteiger charge is -2.14. The number of halogens is 1. The van der Waals surface area contributed by atoms with Gasteiger partial charge < -0.3 is 15.7 Å². The fraction of sp³-hybridized carbons (Fsp3) is 0.133. The van der Waals surface area contributed by atoms with Crippen LogP contribution < -0.4 is 10.5 Å². The molecule has 2 aromatic rings. The van der Waals surface area contributed by atoms with Crippen molar-refractivity contribution >= 4 is 33.5 Å². The molecule has 3 N–H and O–H groups in total. The maximum Gasteiger partial charge on any atom is 0.175 e. The molecule has 0 bridgehead atoms. The van der Waals surface area contributed by atoms with Gasteiger partial charge in [0.15, 0.2) is 5.84 Å². The van der Waals surface area contributed by atoms with Crippen LogP contribution in [-0.4, -0.2) is 16.8 Å². The topological polar surface area (TPSA) is 67.8 Å². The number of hydrogen-bond acceptors (Lipinski definition) is 4. The summed E-state index contributed by atoms with van der Waals surface area (Å²) in [6.07, 6.45) is 0. The number of hydrogen-bond donors (Lipinski definition) is 2. The van der Waals surface area contributed by atoms with Crippen LogP contribution in [0.2, 0.25) is 0 Å². The smallest absolute Gasteiger partial charge is 0.175 e. The minimum atomic E-state index is 0.0404. The summed E-state index contributed by atoms with van der Waals surface area (Å²) in [5.41, 5.74) is 6.41. The second-order valence-corrected chi connectivity index (χ2v) is 6.33. The zero-order valence-electron chi connectivity index (χ0n) is 11.4. The summed E-state index contributed by atoms with van der Waals surface area (Å²) in [4.78, 5) is 0.919. The zero-order valence-corrected chi connectivity index (χ0v) is 13.8. The van der Waals surface area contributed by atoms with Gasteiger partial charge in [0.25, 0.3) is 0 Å². The van der Waals surface area contributed by atoms with Gasteiger partial charge in [-0.25, -0.2) is 0 Å². The second-order valence-electron chi connectivity index (χ2n) is 4.10. The lowest BCUT2D eigenvalue weighted by Crippen LogP contribution is -2.15. The van der Waals surface area contributed by atoms with E-state index in [2.05, 4.69) is 21.1 Å². The van der Waals surface area contributed by atoms with Gasteiger partial charge in [-0.05, 0) is 42.2 Å². The first kappa shape index (κ1) is 15.7. The first-order valence-corrected chi connectivity index (χ1v) is 8.10. The molecule has 6 heteroatoms. The van der Waals surface area contributed by atoms with E-state index in [9.17, 15) is 0 Å². The average Bonchev–Trinajstić information content (AvgIpc) is 2.49. The predicted molar refractivity (Wildman–Crippen MR) is 89.6 cm³/mol. The molecule has 0 atom stereocenters. The number of ether oxygens (including phenoxy) is 1. The van der Waals surface area contributed by atoms with Crippen LogP contribution in [0.3, 0.4) is 0 Å². The second kappa shape index (κ2) is 7.38. The van der Waals surface area contributed by atoms with Crippen molar-refractivity contribution in [2.24, 2.45) is 10.9 Å². The van der Waals surface area contributed by atoms with Crippen molar-refractivity contribution in [1.82, 2.24) is 0 Å². The molecule has 21 heavy (non-hydrogen) atoms. The van der Waals surface area contributed by atoms with Gasteiger partial charge in [0.05, 0.1) is 5.56 Å². The molecule has 2 aromatic carbocycles. The Bertz CT molecular complexity index is 645. The highest BCUT2D eigenvalue weighted by atomic mass is 79.9. The van der Waals surface area contributed by atoms with Crippen LogP contribution in [0.25, 0.3) is 0 Å². The molecule has 0 amide bonds. The van der Waals surface area contributed by atoms with E-state index in [1.165, 1.54) is 0 Å². The fourth-order valence-corrected chi connectivity index (χ4v) is 2.90. The lowest BCUT2D eigenvalue weighted by atomic mass is 10.2. The molecule has 0 radical (unpaired) electrons. The van der Waals surface area contributed by atoms with Crippen molar-refractivity contribution in [2.45, 2.75) is 11.8 Å². The molecule has 0 saturated carbocycles. The van der Waals surface area contributed by atoms with Crippen molar-refractivity contribution in [2.75, 3.05) is 5.75 Å². The number of amidine groups is 1. The number of rotatable bonds is 5. The fourth-order valence-electron chi connectivity index (χ4n) is 1.80. The Labute approximate surface area is 136 Å². The van der Waals surface area contributed by atoms with E-state index in [-0.39, 0.29) is 5.84 Å². The highest BCUT2D eigenvalue weighted by molar-refractivity contribution is 9.10. The van der Waals surface area contributed by atoms with E-state index in [1.54, 1.807) is 17.8 Å². The Kier molecular flexibility index (Phi) is 5.52. The van der Waals surface area contributed by atoms with Crippen LogP contribution in [0.15, 0.2) is 57.0 Å². The third-order valence-electron chi connectivity index (χ3n) is 2.69. The predicted octanol–water partition coefficient (Wildman–Crippen LogP) is 4.45. The summed E-state index contributed by atoms with van der Waals surface area (Å²) in [7, 11) is 0. The molecule has 0 heterocycles. The summed E-state index contributed by atoms with van der Waals surface area (Å²) in [5, 5.41) is 12.1. The van der Waals surface area contributed by atoms with Crippen molar-refractivity contribution in [1.29, 1.82) is 0 Å². The summed E-state index contributed by atoms with van der Waals surface area (Å²) in [5.74, 6) is 2.17. The highest BCUT2D eigenvalue weighted by Crippen LogP contribution is 2.33. The van der Waals surface area contributed by atoms with Gasteiger partial charge >= 0.3 is 0 Å². The quantitative estimate of drug-likeness (QED) is 0.269. The molecule has 0 saturated heterocycles. The number of benzene rings is 2. The van der Waals surface area contributed by atoms with E-state index in [4.69, 9.17) is 15.7 Å². The normalized spacial score (nSPS) is 11.4. The summed E-state index contributed by atoms with van der Waals surface area (Å²) >= 11 is 4.99. The Morgan fingerprint density at radius 3 is 2.62 bits per heavy atom. The Morgan fingerprint density at radius 2 is 2.00 bits per heavy atom. The van der Waals surface area contributed by atoms with Crippen LogP contribution in [0.5, 0.6) is 11.5 Å². The van der Waals surface area contributed by atoms with Gasteiger partial charge in [-0.3, -0.25) is 0 Å². The van der Waals surface area contributed by atoms with E-state index in [1.807, 2.05) is 43.3 Å². The van der Waals surface area contributed by atoms with Gasteiger partial charge in [-0.15, -0.1) is 11.8 Å². The van der Waals surface area contributed by atoms with E-state index in [0.29, 0.717) is 17.1 Å². The van der Waals surface area contributed by atoms with Gasteiger partial charge in [-0.2, -0.15) is 0 Å². The van der Waals surface area contributed by atoms with Gasteiger partial charge in [0.2, 0.25) is 0 Å². The Morgan fingerprint density at radius 1 is 1.29 bits per heavy atom. The van der Waals surface area contributed by atoms with Gasteiger partial charge in [0, 0.05) is 9.37 Å². The molecular weight excluding hydrogens is 352 g/mol. The molecule has 2 rings (SSSR count). The monoisotopic (exact) mass is 366 g/mol. The maximum atomic E-state index is 9.00. The summed E-state index contributed by atoms with van der Waals surface area (Å²) < 4.78 is 6.84. The summed E-state index contributed by atoms with van der Waals surface area (Å²) in [6.45, 7) is 2.04. The molecule has 0 aliphatic rings. The van der Waals surface area contributed by atoms with Crippen molar-refractivity contribution in [3.05, 3.63) is 52.5 Å². The molecular formula is C15H15BrN2O2S. The molecule has 0 aliphatic carbocycles. The van der Waals surface area contributed by atoms with Gasteiger partial charge in [0.1, 0.15) is 11.5 Å². The summed E-state index contributed by atoms with van der Waals surface area (Å²) in [6, 6.07) is 13.1. The molecule has 0 spiro atoms. The van der Waals surface area contributed by atoms with Crippen molar-refractivity contribution in [3.63, 3.8) is 0 Å². The first-order chi connectivity index (χ1) is 10.2.